The molecule has 1 amide bonds. The third-order valence-corrected chi connectivity index (χ3v) is 6.50. The normalized spacial score (nSPS) is 15.7. The van der Waals surface area contributed by atoms with Crippen LogP contribution in [0.1, 0.15) is 28.1 Å². The van der Waals surface area contributed by atoms with Crippen LogP contribution in [-0.4, -0.2) is 26.9 Å². The highest BCUT2D eigenvalue weighted by Crippen LogP contribution is 2.32. The van der Waals surface area contributed by atoms with E-state index >= 15 is 0 Å². The van der Waals surface area contributed by atoms with Crippen LogP contribution in [0, 0.1) is 5.92 Å². The molecule has 1 aliphatic carbocycles. The van der Waals surface area contributed by atoms with E-state index in [1.165, 1.54) is 35.6 Å². The van der Waals surface area contributed by atoms with Crippen molar-refractivity contribution in [3.63, 3.8) is 0 Å². The number of rotatable bonds is 8. The van der Waals surface area contributed by atoms with Gasteiger partial charge in [0.05, 0.1) is 4.90 Å². The first-order chi connectivity index (χ1) is 12.0. The molecule has 134 valence electrons. The van der Waals surface area contributed by atoms with Crippen LogP contribution in [0.15, 0.2) is 46.7 Å². The van der Waals surface area contributed by atoms with Crippen molar-refractivity contribution in [1.82, 2.24) is 10.0 Å². The molecule has 6 nitrogen and oxygen atoms in total. The fourth-order valence-electron chi connectivity index (χ4n) is 2.57. The summed E-state index contributed by atoms with van der Waals surface area (Å²) in [7, 11) is -3.61. The zero-order valence-corrected chi connectivity index (χ0v) is 15.3. The molecule has 8 heteroatoms. The average Bonchev–Trinajstić information content (AvgIpc) is 3.32. The van der Waals surface area contributed by atoms with Gasteiger partial charge < -0.3 is 11.1 Å². The molecule has 0 radical (unpaired) electrons. The molecular formula is C17H21N3O3S2. The molecule has 3 rings (SSSR count). The second kappa shape index (κ2) is 7.65. The highest BCUT2D eigenvalue weighted by atomic mass is 32.2. The molecule has 1 aromatic heterocycles. The monoisotopic (exact) mass is 379 g/mol. The minimum absolute atomic E-state index is 0.0108. The van der Waals surface area contributed by atoms with E-state index in [2.05, 4.69) is 10.0 Å². The Kier molecular flexibility index (Phi) is 5.53. The zero-order valence-electron chi connectivity index (χ0n) is 13.6. The third-order valence-electron chi connectivity index (χ3n) is 4.20. The minimum Gasteiger partial charge on any atom is -0.348 e. The maximum absolute atomic E-state index is 12.3. The zero-order chi connectivity index (χ0) is 17.9. The molecule has 1 aromatic carbocycles. The molecule has 1 atom stereocenters. The quantitative estimate of drug-likeness (QED) is 0.650. The van der Waals surface area contributed by atoms with E-state index in [9.17, 15) is 13.2 Å². The third kappa shape index (κ3) is 4.66. The molecule has 1 saturated carbocycles. The van der Waals surface area contributed by atoms with Crippen LogP contribution in [0.4, 0.5) is 0 Å². The molecule has 2 aromatic rings. The SMILES string of the molecule is NCC(NC(=O)c1ccc(S(=O)(=O)NCc2cccs2)cc1)C1CC1. The number of carbonyl (C=O) groups excluding carboxylic acids is 1. The molecule has 4 N–H and O–H groups in total. The first-order valence-corrected chi connectivity index (χ1v) is 10.5. The summed E-state index contributed by atoms with van der Waals surface area (Å²) in [6, 6.07) is 9.67. The van der Waals surface area contributed by atoms with Gasteiger partial charge in [0.25, 0.3) is 5.91 Å². The number of hydrogen-bond donors (Lipinski definition) is 3. The summed E-state index contributed by atoms with van der Waals surface area (Å²) in [5, 5.41) is 4.82. The van der Waals surface area contributed by atoms with Gasteiger partial charge in [-0.1, -0.05) is 6.07 Å². The second-order valence-corrected chi connectivity index (χ2v) is 8.88. The predicted molar refractivity (Wildman–Crippen MR) is 97.8 cm³/mol. The number of nitrogens with two attached hydrogens (primary N) is 1. The predicted octanol–water partition coefficient (Wildman–Crippen LogP) is 1.69. The number of hydrogen-bond acceptors (Lipinski definition) is 5. The van der Waals surface area contributed by atoms with E-state index in [-0.39, 0.29) is 23.4 Å². The summed E-state index contributed by atoms with van der Waals surface area (Å²) >= 11 is 1.49. The first-order valence-electron chi connectivity index (χ1n) is 8.12. The van der Waals surface area contributed by atoms with E-state index in [0.29, 0.717) is 18.0 Å². The van der Waals surface area contributed by atoms with Crippen molar-refractivity contribution < 1.29 is 13.2 Å². The number of carbonyl (C=O) groups is 1. The van der Waals surface area contributed by atoms with Crippen molar-refractivity contribution in [1.29, 1.82) is 0 Å². The van der Waals surface area contributed by atoms with Crippen LogP contribution in [-0.2, 0) is 16.6 Å². The van der Waals surface area contributed by atoms with E-state index < -0.39 is 10.0 Å². The second-order valence-electron chi connectivity index (χ2n) is 6.08. The highest BCUT2D eigenvalue weighted by Gasteiger charge is 2.31. The van der Waals surface area contributed by atoms with E-state index in [4.69, 9.17) is 5.73 Å². The fraction of sp³-hybridized carbons (Fsp3) is 0.353. The van der Waals surface area contributed by atoms with Gasteiger partial charge in [0.15, 0.2) is 0 Å². The molecule has 0 saturated heterocycles. The largest absolute Gasteiger partial charge is 0.348 e. The maximum atomic E-state index is 12.3. The van der Waals surface area contributed by atoms with Crippen LogP contribution in [0.2, 0.25) is 0 Å². The highest BCUT2D eigenvalue weighted by molar-refractivity contribution is 7.89. The molecule has 1 aliphatic rings. The lowest BCUT2D eigenvalue weighted by Crippen LogP contribution is -2.41. The van der Waals surface area contributed by atoms with E-state index in [1.807, 2.05) is 17.5 Å². The van der Waals surface area contributed by atoms with Crippen LogP contribution >= 0.6 is 11.3 Å². The molecule has 25 heavy (non-hydrogen) atoms. The molecule has 1 fully saturated rings. The minimum atomic E-state index is -3.61. The van der Waals surface area contributed by atoms with Gasteiger partial charge in [-0.25, -0.2) is 13.1 Å². The van der Waals surface area contributed by atoms with Gasteiger partial charge in [-0.05, 0) is 54.5 Å². The number of benzene rings is 1. The summed E-state index contributed by atoms with van der Waals surface area (Å²) in [5.74, 6) is 0.243. The fourth-order valence-corrected chi connectivity index (χ4v) is 4.31. The Morgan fingerprint density at radius 3 is 2.52 bits per heavy atom. The topological polar surface area (TPSA) is 101 Å². The van der Waals surface area contributed by atoms with Crippen LogP contribution in [0.3, 0.4) is 0 Å². The lowest BCUT2D eigenvalue weighted by atomic mass is 10.1. The van der Waals surface area contributed by atoms with Crippen molar-refractivity contribution in [3.05, 3.63) is 52.2 Å². The summed E-state index contributed by atoms with van der Waals surface area (Å²) in [4.78, 5) is 13.3. The van der Waals surface area contributed by atoms with Crippen LogP contribution in [0.5, 0.6) is 0 Å². The summed E-state index contributed by atoms with van der Waals surface area (Å²) in [5.41, 5.74) is 6.12. The lowest BCUT2D eigenvalue weighted by molar-refractivity contribution is 0.0933. The molecule has 0 aliphatic heterocycles. The average molecular weight is 380 g/mol. The Morgan fingerprint density at radius 1 is 1.24 bits per heavy atom. The van der Waals surface area contributed by atoms with Crippen LogP contribution < -0.4 is 15.8 Å². The van der Waals surface area contributed by atoms with Gasteiger partial charge in [-0.3, -0.25) is 4.79 Å². The standard InChI is InChI=1S/C17H21N3O3S2/c18-10-16(12-3-4-12)20-17(21)13-5-7-15(8-6-13)25(22,23)19-11-14-2-1-9-24-14/h1-2,5-9,12,16,19H,3-4,10-11,18H2,(H,20,21). The summed E-state index contributed by atoms with van der Waals surface area (Å²) < 4.78 is 27.2. The van der Waals surface area contributed by atoms with Gasteiger partial charge in [0.2, 0.25) is 10.0 Å². The number of sulfonamides is 1. The van der Waals surface area contributed by atoms with Gasteiger partial charge in [-0.15, -0.1) is 11.3 Å². The molecule has 0 bridgehead atoms. The van der Waals surface area contributed by atoms with Gasteiger partial charge in [-0.2, -0.15) is 0 Å². The van der Waals surface area contributed by atoms with Crippen LogP contribution in [0.25, 0.3) is 0 Å². The molecular weight excluding hydrogens is 358 g/mol. The van der Waals surface area contributed by atoms with Crippen molar-refractivity contribution in [2.24, 2.45) is 11.7 Å². The molecule has 0 spiro atoms. The van der Waals surface area contributed by atoms with Gasteiger partial charge >= 0.3 is 0 Å². The number of amides is 1. The van der Waals surface area contributed by atoms with E-state index in [0.717, 1.165) is 17.7 Å². The lowest BCUT2D eigenvalue weighted by Gasteiger charge is -2.16. The van der Waals surface area contributed by atoms with Gasteiger partial charge in [0, 0.05) is 29.6 Å². The number of thiophene rings is 1. The van der Waals surface area contributed by atoms with Crippen molar-refractivity contribution in [3.8, 4) is 0 Å². The van der Waals surface area contributed by atoms with E-state index in [1.54, 1.807) is 0 Å². The van der Waals surface area contributed by atoms with Gasteiger partial charge in [0.1, 0.15) is 0 Å². The number of nitrogens with one attached hydrogen (secondary N) is 2. The Morgan fingerprint density at radius 2 is 1.96 bits per heavy atom. The summed E-state index contributed by atoms with van der Waals surface area (Å²) in [6.45, 7) is 0.664. The molecule has 1 unspecified atom stereocenters. The Labute approximate surface area is 151 Å². The van der Waals surface area contributed by atoms with Crippen molar-refractivity contribution in [2.75, 3.05) is 6.54 Å². The smallest absolute Gasteiger partial charge is 0.251 e. The maximum Gasteiger partial charge on any atom is 0.251 e. The van der Waals surface area contributed by atoms with Crippen molar-refractivity contribution in [2.45, 2.75) is 30.3 Å². The van der Waals surface area contributed by atoms with Crippen molar-refractivity contribution >= 4 is 27.3 Å². The Balaban J connectivity index is 1.63. The summed E-state index contributed by atoms with van der Waals surface area (Å²) in [6.07, 6.45) is 2.18. The Hall–Kier alpha value is -1.74. The molecule has 1 heterocycles. The first kappa shape index (κ1) is 18.1. The Bertz CT molecular complexity index is 813.